The van der Waals surface area contributed by atoms with Gasteiger partial charge in [0.2, 0.25) is 6.36 Å². The summed E-state index contributed by atoms with van der Waals surface area (Å²) in [4.78, 5) is 0. The summed E-state index contributed by atoms with van der Waals surface area (Å²) in [6, 6.07) is 0. The van der Waals surface area contributed by atoms with E-state index in [0.717, 1.165) is 0 Å². The molecule has 23 heavy (non-hydrogen) atoms. The van der Waals surface area contributed by atoms with Gasteiger partial charge in [-0.1, -0.05) is 0 Å². The topological polar surface area (TPSA) is 160 Å². The molecular formula is C12H21FO9S. The highest BCUT2D eigenvalue weighted by molar-refractivity contribution is 8.00. The number of thioether (sulfide) groups is 1. The molecule has 0 aromatic heterocycles. The van der Waals surface area contributed by atoms with Crippen LogP contribution in [-0.4, -0.2) is 109 Å². The highest BCUT2D eigenvalue weighted by atomic mass is 32.2. The molecule has 136 valence electrons. The van der Waals surface area contributed by atoms with Crippen LogP contribution in [0, 0.1) is 0 Å². The molecule has 11 heteroatoms. The Kier molecular flexibility index (Phi) is 6.58. The van der Waals surface area contributed by atoms with Gasteiger partial charge in [0.25, 0.3) is 0 Å². The fourth-order valence-corrected chi connectivity index (χ4v) is 4.03. The van der Waals surface area contributed by atoms with Crippen molar-refractivity contribution >= 4 is 11.8 Å². The Balaban J connectivity index is 2.11. The number of rotatable bonds is 4. The smallest absolute Gasteiger partial charge is 0.228 e. The van der Waals surface area contributed by atoms with Crippen molar-refractivity contribution in [2.75, 3.05) is 13.2 Å². The van der Waals surface area contributed by atoms with Crippen LogP contribution in [0.4, 0.5) is 4.39 Å². The lowest BCUT2D eigenvalue weighted by molar-refractivity contribution is -0.220. The summed E-state index contributed by atoms with van der Waals surface area (Å²) < 4.78 is 23.4. The second-order valence-electron chi connectivity index (χ2n) is 5.49. The number of ether oxygens (including phenoxy) is 2. The van der Waals surface area contributed by atoms with Crippen molar-refractivity contribution in [3.63, 3.8) is 0 Å². The normalized spacial score (nSPS) is 51.7. The summed E-state index contributed by atoms with van der Waals surface area (Å²) in [5.41, 5.74) is -1.20. The molecule has 0 spiro atoms. The van der Waals surface area contributed by atoms with E-state index >= 15 is 0 Å². The number of hydrogen-bond acceptors (Lipinski definition) is 10. The number of alkyl halides is 1. The van der Waals surface area contributed by atoms with Gasteiger partial charge in [0, 0.05) is 0 Å². The Morgan fingerprint density at radius 2 is 1.35 bits per heavy atom. The van der Waals surface area contributed by atoms with Gasteiger partial charge in [-0.2, -0.15) is 0 Å². The maximum absolute atomic E-state index is 13.4. The highest BCUT2D eigenvalue weighted by Gasteiger charge is 2.50. The van der Waals surface area contributed by atoms with Gasteiger partial charge in [-0.3, -0.25) is 0 Å². The van der Waals surface area contributed by atoms with E-state index in [1.807, 2.05) is 0 Å². The summed E-state index contributed by atoms with van der Waals surface area (Å²) in [6.45, 7) is -1.27. The molecule has 0 unspecified atom stereocenters. The Morgan fingerprint density at radius 1 is 0.739 bits per heavy atom. The van der Waals surface area contributed by atoms with E-state index < -0.39 is 73.0 Å². The van der Waals surface area contributed by atoms with Crippen molar-refractivity contribution in [1.82, 2.24) is 0 Å². The van der Waals surface area contributed by atoms with Crippen LogP contribution in [0.1, 0.15) is 0 Å². The minimum absolute atomic E-state index is 0.621. The van der Waals surface area contributed by atoms with E-state index in [1.54, 1.807) is 0 Å². The van der Waals surface area contributed by atoms with Crippen LogP contribution in [0.15, 0.2) is 0 Å². The standard InChI is InChI=1S/C12H21FO9S/c13-11-8(19)7(18)10(4(2-15)21-11)23-12-9(20)6(17)5(16)3(1-14)22-12/h3-12,14-20H,1-2H2/t3-,4-,5-,6+,7-,8-,9-,10-,11+,12-/m1/s1. The summed E-state index contributed by atoms with van der Waals surface area (Å²) in [5.74, 6) is 0. The van der Waals surface area contributed by atoms with E-state index in [1.165, 1.54) is 0 Å². The first kappa shape index (κ1) is 19.2. The zero-order valence-electron chi connectivity index (χ0n) is 11.9. The molecule has 0 radical (unpaired) electrons. The molecule has 2 aliphatic rings. The molecule has 0 aromatic rings. The highest BCUT2D eigenvalue weighted by Crippen LogP contribution is 2.37. The van der Waals surface area contributed by atoms with E-state index in [9.17, 15) is 35.0 Å². The lowest BCUT2D eigenvalue weighted by Gasteiger charge is -2.44. The lowest BCUT2D eigenvalue weighted by atomic mass is 10.0. The quantitative estimate of drug-likeness (QED) is 0.266. The van der Waals surface area contributed by atoms with Crippen molar-refractivity contribution in [3.05, 3.63) is 0 Å². The van der Waals surface area contributed by atoms with Gasteiger partial charge in [0.15, 0.2) is 0 Å². The molecule has 2 saturated heterocycles. The molecule has 10 atom stereocenters. The summed E-state index contributed by atoms with van der Waals surface area (Å²) in [6.07, 6.45) is -12.7. The largest absolute Gasteiger partial charge is 0.394 e. The summed E-state index contributed by atoms with van der Waals surface area (Å²) in [5, 5.41) is 66.2. The Bertz CT molecular complexity index is 388. The summed E-state index contributed by atoms with van der Waals surface area (Å²) >= 11 is 0.705. The molecule has 9 nitrogen and oxygen atoms in total. The minimum Gasteiger partial charge on any atom is -0.394 e. The third kappa shape index (κ3) is 3.79. The predicted molar refractivity (Wildman–Crippen MR) is 74.0 cm³/mol. The van der Waals surface area contributed by atoms with Gasteiger partial charge in [-0.25, -0.2) is 4.39 Å². The van der Waals surface area contributed by atoms with Crippen LogP contribution >= 0.6 is 11.8 Å². The van der Waals surface area contributed by atoms with Crippen molar-refractivity contribution in [1.29, 1.82) is 0 Å². The van der Waals surface area contributed by atoms with Gasteiger partial charge in [0.05, 0.1) is 30.7 Å². The third-order valence-electron chi connectivity index (χ3n) is 3.95. The monoisotopic (exact) mass is 360 g/mol. The van der Waals surface area contributed by atoms with E-state index in [0.29, 0.717) is 11.8 Å². The Morgan fingerprint density at radius 3 is 1.91 bits per heavy atom. The first-order valence-electron chi connectivity index (χ1n) is 7.04. The van der Waals surface area contributed by atoms with Crippen LogP contribution in [0.25, 0.3) is 0 Å². The summed E-state index contributed by atoms with van der Waals surface area (Å²) in [7, 11) is 0. The molecule has 7 N–H and O–H groups in total. The molecule has 0 aromatic carbocycles. The van der Waals surface area contributed by atoms with Gasteiger partial charge in [-0.05, 0) is 0 Å². The van der Waals surface area contributed by atoms with E-state index in [2.05, 4.69) is 0 Å². The molecule has 0 amide bonds. The maximum atomic E-state index is 13.4. The fraction of sp³-hybridized carbons (Fsp3) is 1.00. The molecule has 2 aliphatic heterocycles. The minimum atomic E-state index is -2.17. The van der Waals surface area contributed by atoms with Crippen LogP contribution < -0.4 is 0 Å². The van der Waals surface area contributed by atoms with E-state index in [4.69, 9.17) is 14.6 Å². The van der Waals surface area contributed by atoms with Crippen molar-refractivity contribution in [2.24, 2.45) is 0 Å². The Labute approximate surface area is 135 Å². The number of aliphatic hydroxyl groups is 7. The van der Waals surface area contributed by atoms with E-state index in [-0.39, 0.29) is 0 Å². The maximum Gasteiger partial charge on any atom is 0.228 e. The Hall–Kier alpha value is -0.0800. The van der Waals surface area contributed by atoms with Crippen LogP contribution in [0.5, 0.6) is 0 Å². The molecule has 2 heterocycles. The first-order chi connectivity index (χ1) is 10.8. The SMILES string of the molecule is OC[C@H]1O[C@H](S[C@H]2[C@H](O)[C@@H](O)[C@@H](F)O[C@@H]2CO)[C@H](O)[C@@H](O)[C@@H]1O. The lowest BCUT2D eigenvalue weighted by Crippen LogP contribution is -2.60. The van der Waals surface area contributed by atoms with Crippen LogP contribution in [0.3, 0.4) is 0 Å². The third-order valence-corrected chi connectivity index (χ3v) is 5.50. The zero-order valence-corrected chi connectivity index (χ0v) is 12.7. The van der Waals surface area contributed by atoms with Gasteiger partial charge >= 0.3 is 0 Å². The van der Waals surface area contributed by atoms with Gasteiger partial charge in [-0.15, -0.1) is 11.8 Å². The van der Waals surface area contributed by atoms with Gasteiger partial charge < -0.3 is 45.2 Å². The van der Waals surface area contributed by atoms with Crippen molar-refractivity contribution in [3.8, 4) is 0 Å². The molecule has 0 aliphatic carbocycles. The zero-order chi connectivity index (χ0) is 17.3. The molecule has 2 fully saturated rings. The second-order valence-corrected chi connectivity index (χ2v) is 6.77. The molecular weight excluding hydrogens is 339 g/mol. The number of aliphatic hydroxyl groups excluding tert-OH is 7. The van der Waals surface area contributed by atoms with Crippen LogP contribution in [-0.2, 0) is 9.47 Å². The second kappa shape index (κ2) is 7.87. The van der Waals surface area contributed by atoms with Crippen LogP contribution in [0.2, 0.25) is 0 Å². The van der Waals surface area contributed by atoms with Crippen molar-refractivity contribution < 1.29 is 49.6 Å². The average molecular weight is 360 g/mol. The number of halogens is 1. The van der Waals surface area contributed by atoms with Gasteiger partial charge in [0.1, 0.15) is 36.0 Å². The predicted octanol–water partition coefficient (Wildman–Crippen LogP) is -3.70. The average Bonchev–Trinajstić information content (AvgIpc) is 2.55. The molecule has 2 rings (SSSR count). The molecule has 0 saturated carbocycles. The van der Waals surface area contributed by atoms with Crippen molar-refractivity contribution in [2.45, 2.75) is 59.8 Å². The fourth-order valence-electron chi connectivity index (χ4n) is 2.54. The first-order valence-corrected chi connectivity index (χ1v) is 7.98. The number of hydrogen-bond donors (Lipinski definition) is 7. The molecule has 0 bridgehead atoms.